The van der Waals surface area contributed by atoms with Gasteiger partial charge < -0.3 is 42.1 Å². The molecular weight excluding hydrogens is 436 g/mol. The van der Waals surface area contributed by atoms with Crippen molar-refractivity contribution >= 4 is 23.7 Å². The molecular formula is C21H32N4O8. The third-order valence-electron chi connectivity index (χ3n) is 4.88. The molecule has 3 amide bonds. The van der Waals surface area contributed by atoms with E-state index >= 15 is 0 Å². The van der Waals surface area contributed by atoms with E-state index < -0.39 is 66.5 Å². The smallest absolute Gasteiger partial charge is 0.326 e. The van der Waals surface area contributed by atoms with Crippen molar-refractivity contribution in [3.05, 3.63) is 29.8 Å². The van der Waals surface area contributed by atoms with Gasteiger partial charge in [0.1, 0.15) is 29.9 Å². The highest BCUT2D eigenvalue weighted by Crippen LogP contribution is 2.12. The van der Waals surface area contributed by atoms with Crippen molar-refractivity contribution in [1.82, 2.24) is 16.0 Å². The number of phenols is 1. The van der Waals surface area contributed by atoms with Crippen molar-refractivity contribution in [3.63, 3.8) is 0 Å². The lowest BCUT2D eigenvalue weighted by Crippen LogP contribution is -2.59. The molecule has 0 saturated carbocycles. The number of nitrogens with two attached hydrogens (primary N) is 1. The Labute approximate surface area is 191 Å². The highest BCUT2D eigenvalue weighted by Gasteiger charge is 2.31. The van der Waals surface area contributed by atoms with Crippen molar-refractivity contribution in [2.24, 2.45) is 11.7 Å². The van der Waals surface area contributed by atoms with Crippen LogP contribution in [-0.4, -0.2) is 81.0 Å². The van der Waals surface area contributed by atoms with Gasteiger partial charge in [0.05, 0.1) is 12.7 Å². The average Bonchev–Trinajstić information content (AvgIpc) is 2.75. The number of aliphatic carboxylic acids is 1. The third-order valence-corrected chi connectivity index (χ3v) is 4.88. The minimum absolute atomic E-state index is 0.00457. The van der Waals surface area contributed by atoms with Gasteiger partial charge in [-0.1, -0.05) is 26.0 Å². The van der Waals surface area contributed by atoms with Gasteiger partial charge in [0.15, 0.2) is 0 Å². The van der Waals surface area contributed by atoms with Crippen LogP contribution in [0.5, 0.6) is 5.75 Å². The Morgan fingerprint density at radius 1 is 0.909 bits per heavy atom. The molecule has 1 aromatic carbocycles. The van der Waals surface area contributed by atoms with Crippen molar-refractivity contribution in [2.75, 3.05) is 6.61 Å². The largest absolute Gasteiger partial charge is 0.508 e. The molecule has 0 saturated heterocycles. The van der Waals surface area contributed by atoms with E-state index in [0.717, 1.165) is 0 Å². The van der Waals surface area contributed by atoms with Crippen LogP contribution in [0.15, 0.2) is 24.3 Å². The second-order valence-corrected chi connectivity index (χ2v) is 8.01. The Morgan fingerprint density at radius 3 is 1.88 bits per heavy atom. The highest BCUT2D eigenvalue weighted by molar-refractivity contribution is 5.94. The van der Waals surface area contributed by atoms with E-state index in [1.807, 2.05) is 0 Å². The number of amides is 3. The molecule has 0 aliphatic heterocycles. The zero-order valence-electron chi connectivity index (χ0n) is 18.7. The molecule has 184 valence electrons. The Kier molecular flexibility index (Phi) is 10.7. The van der Waals surface area contributed by atoms with Gasteiger partial charge in [0, 0.05) is 6.42 Å². The number of benzene rings is 1. The maximum absolute atomic E-state index is 12.9. The quantitative estimate of drug-likeness (QED) is 0.167. The van der Waals surface area contributed by atoms with E-state index in [9.17, 15) is 39.6 Å². The molecule has 9 N–H and O–H groups in total. The van der Waals surface area contributed by atoms with Crippen LogP contribution in [0.3, 0.4) is 0 Å². The number of carbonyl (C=O) groups excluding carboxylic acids is 3. The first-order chi connectivity index (χ1) is 15.4. The van der Waals surface area contributed by atoms with Gasteiger partial charge in [-0.25, -0.2) is 4.79 Å². The summed E-state index contributed by atoms with van der Waals surface area (Å²) in [5, 5.41) is 44.8. The standard InChI is InChI=1S/C21H32N4O8/c1-10(2)17(21(32)33)25-19(30)15(9-26)24-18(29)14(23-20(31)16(22)11(3)27)8-12-4-6-13(28)7-5-12/h4-7,10-11,14-17,26-28H,8-9,22H2,1-3H3,(H,23,31)(H,24,29)(H,25,30)(H,32,33). The van der Waals surface area contributed by atoms with Crippen LogP contribution in [0.2, 0.25) is 0 Å². The number of aromatic hydroxyl groups is 1. The number of phenolic OH excluding ortho intramolecular Hbond substituents is 1. The van der Waals surface area contributed by atoms with Gasteiger partial charge in [-0.05, 0) is 30.5 Å². The summed E-state index contributed by atoms with van der Waals surface area (Å²) in [4.78, 5) is 49.0. The summed E-state index contributed by atoms with van der Waals surface area (Å²) in [6, 6.07) is 0.515. The van der Waals surface area contributed by atoms with E-state index in [4.69, 9.17) is 5.73 Å². The second kappa shape index (κ2) is 12.7. The highest BCUT2D eigenvalue weighted by atomic mass is 16.4. The summed E-state index contributed by atoms with van der Waals surface area (Å²) < 4.78 is 0. The van der Waals surface area contributed by atoms with E-state index in [0.29, 0.717) is 5.56 Å². The number of carboxylic acid groups (broad SMARTS) is 1. The Morgan fingerprint density at radius 2 is 1.42 bits per heavy atom. The number of carbonyl (C=O) groups is 4. The SMILES string of the molecule is CC(C)C(NC(=O)C(CO)NC(=O)C(Cc1ccc(O)cc1)NC(=O)C(N)C(C)O)C(=O)O. The van der Waals surface area contributed by atoms with Gasteiger partial charge in [0.25, 0.3) is 0 Å². The van der Waals surface area contributed by atoms with Crippen LogP contribution in [-0.2, 0) is 25.6 Å². The van der Waals surface area contributed by atoms with Crippen LogP contribution in [0.1, 0.15) is 26.3 Å². The summed E-state index contributed by atoms with van der Waals surface area (Å²) in [7, 11) is 0. The monoisotopic (exact) mass is 468 g/mol. The fourth-order valence-corrected chi connectivity index (χ4v) is 2.80. The number of carboxylic acids is 1. The van der Waals surface area contributed by atoms with Crippen LogP contribution in [0, 0.1) is 5.92 Å². The van der Waals surface area contributed by atoms with Crippen LogP contribution < -0.4 is 21.7 Å². The van der Waals surface area contributed by atoms with Gasteiger partial charge in [-0.3, -0.25) is 14.4 Å². The van der Waals surface area contributed by atoms with Crippen molar-refractivity contribution in [2.45, 2.75) is 57.5 Å². The first kappa shape index (κ1) is 27.8. The van der Waals surface area contributed by atoms with Gasteiger partial charge in [0.2, 0.25) is 17.7 Å². The summed E-state index contributed by atoms with van der Waals surface area (Å²) in [5.41, 5.74) is 6.17. The van der Waals surface area contributed by atoms with Crippen LogP contribution >= 0.6 is 0 Å². The summed E-state index contributed by atoms with van der Waals surface area (Å²) in [6.45, 7) is 3.65. The Balaban J connectivity index is 3.03. The minimum Gasteiger partial charge on any atom is -0.508 e. The molecule has 12 nitrogen and oxygen atoms in total. The number of rotatable bonds is 12. The Hall–Kier alpha value is -3.22. The molecule has 0 aliphatic rings. The molecule has 0 spiro atoms. The van der Waals surface area contributed by atoms with E-state index in [1.165, 1.54) is 31.2 Å². The molecule has 1 rings (SSSR count). The van der Waals surface area contributed by atoms with E-state index in [1.54, 1.807) is 13.8 Å². The maximum atomic E-state index is 12.9. The average molecular weight is 469 g/mol. The first-order valence-corrected chi connectivity index (χ1v) is 10.3. The first-order valence-electron chi connectivity index (χ1n) is 10.3. The molecule has 1 aromatic rings. The number of nitrogens with one attached hydrogen (secondary N) is 3. The van der Waals surface area contributed by atoms with E-state index in [2.05, 4.69) is 16.0 Å². The summed E-state index contributed by atoms with van der Waals surface area (Å²) >= 11 is 0. The number of hydrogen-bond acceptors (Lipinski definition) is 8. The number of aliphatic hydroxyl groups is 2. The van der Waals surface area contributed by atoms with Crippen molar-refractivity contribution in [1.29, 1.82) is 0 Å². The molecule has 0 bridgehead atoms. The number of aliphatic hydroxyl groups excluding tert-OH is 2. The zero-order chi connectivity index (χ0) is 25.3. The molecule has 0 radical (unpaired) electrons. The normalized spacial score (nSPS) is 15.6. The number of hydrogen-bond donors (Lipinski definition) is 8. The molecule has 5 atom stereocenters. The zero-order valence-corrected chi connectivity index (χ0v) is 18.7. The predicted octanol–water partition coefficient (Wildman–Crippen LogP) is -2.17. The van der Waals surface area contributed by atoms with Crippen molar-refractivity contribution < 1.29 is 39.6 Å². The van der Waals surface area contributed by atoms with Gasteiger partial charge in [-0.2, -0.15) is 0 Å². The van der Waals surface area contributed by atoms with Crippen molar-refractivity contribution in [3.8, 4) is 5.75 Å². The minimum atomic E-state index is -1.48. The van der Waals surface area contributed by atoms with Crippen LogP contribution in [0.4, 0.5) is 0 Å². The summed E-state index contributed by atoms with van der Waals surface area (Å²) in [6.07, 6.45) is -1.25. The van der Waals surface area contributed by atoms with Crippen LogP contribution in [0.25, 0.3) is 0 Å². The lowest BCUT2D eigenvalue weighted by molar-refractivity contribution is -0.143. The summed E-state index contributed by atoms with van der Waals surface area (Å²) in [5.74, 6) is -4.31. The fraction of sp³-hybridized carbons (Fsp3) is 0.524. The lowest BCUT2D eigenvalue weighted by Gasteiger charge is -2.25. The predicted molar refractivity (Wildman–Crippen MR) is 117 cm³/mol. The molecule has 0 aromatic heterocycles. The Bertz CT molecular complexity index is 828. The fourth-order valence-electron chi connectivity index (χ4n) is 2.80. The van der Waals surface area contributed by atoms with Gasteiger partial charge >= 0.3 is 5.97 Å². The topological polar surface area (TPSA) is 211 Å². The molecule has 12 heteroatoms. The van der Waals surface area contributed by atoms with E-state index in [-0.39, 0.29) is 12.2 Å². The second-order valence-electron chi connectivity index (χ2n) is 8.01. The molecule has 0 aliphatic carbocycles. The third kappa shape index (κ3) is 8.67. The molecule has 0 fully saturated rings. The van der Waals surface area contributed by atoms with Gasteiger partial charge in [-0.15, -0.1) is 0 Å². The molecule has 0 heterocycles. The maximum Gasteiger partial charge on any atom is 0.326 e. The molecule has 33 heavy (non-hydrogen) atoms. The lowest BCUT2D eigenvalue weighted by atomic mass is 10.0. The molecule has 5 unspecified atom stereocenters.